The second-order valence-corrected chi connectivity index (χ2v) is 4.73. The van der Waals surface area contributed by atoms with Crippen LogP contribution in [0.2, 0.25) is 0 Å². The van der Waals surface area contributed by atoms with Crippen LogP contribution in [0.3, 0.4) is 0 Å². The van der Waals surface area contributed by atoms with Crippen molar-refractivity contribution >= 4 is 22.7 Å². The molecule has 0 amide bonds. The lowest BCUT2D eigenvalue weighted by Gasteiger charge is -2.00. The first kappa shape index (κ1) is 13.9. The van der Waals surface area contributed by atoms with E-state index in [9.17, 15) is 9.59 Å². The molecule has 0 aliphatic carbocycles. The van der Waals surface area contributed by atoms with E-state index in [4.69, 9.17) is 14.3 Å². The number of furan rings is 1. The van der Waals surface area contributed by atoms with Crippen LogP contribution in [-0.2, 0) is 0 Å². The van der Waals surface area contributed by atoms with Gasteiger partial charge in [0.25, 0.3) is 0 Å². The predicted molar refractivity (Wildman–Crippen MR) is 79.6 cm³/mol. The summed E-state index contributed by atoms with van der Waals surface area (Å²) in [5, 5.41) is 9.56. The summed E-state index contributed by atoms with van der Waals surface area (Å²) in [6.07, 6.45) is 0. The van der Waals surface area contributed by atoms with Crippen LogP contribution in [0.1, 0.15) is 26.5 Å². The second kappa shape index (κ2) is 5.37. The summed E-state index contributed by atoms with van der Waals surface area (Å²) in [5.41, 5.74) is 1.09. The number of carboxylic acids is 1. The smallest absolute Gasteiger partial charge is 0.335 e. The summed E-state index contributed by atoms with van der Waals surface area (Å²) in [5.74, 6) is -0.461. The third-order valence-electron chi connectivity index (χ3n) is 3.34. The molecule has 5 heteroatoms. The Morgan fingerprint density at radius 3 is 2.32 bits per heavy atom. The Bertz CT molecular complexity index is 858. The Hall–Kier alpha value is -3.08. The van der Waals surface area contributed by atoms with E-state index >= 15 is 0 Å². The number of hydrogen-bond acceptors (Lipinski definition) is 4. The van der Waals surface area contributed by atoms with Crippen molar-refractivity contribution in [1.29, 1.82) is 0 Å². The SMILES string of the molecule is COc1ccc(C(=O)c2cc3cc(C(=O)O)ccc3o2)cc1. The van der Waals surface area contributed by atoms with E-state index < -0.39 is 5.97 Å². The highest BCUT2D eigenvalue weighted by atomic mass is 16.5. The Morgan fingerprint density at radius 2 is 1.68 bits per heavy atom. The van der Waals surface area contributed by atoms with E-state index in [2.05, 4.69) is 0 Å². The number of benzene rings is 2. The van der Waals surface area contributed by atoms with E-state index in [0.29, 0.717) is 22.3 Å². The van der Waals surface area contributed by atoms with Crippen molar-refractivity contribution in [2.24, 2.45) is 0 Å². The second-order valence-electron chi connectivity index (χ2n) is 4.73. The number of hydrogen-bond donors (Lipinski definition) is 1. The number of aromatic carboxylic acids is 1. The molecule has 0 saturated carbocycles. The standard InChI is InChI=1S/C17H12O5/c1-21-13-5-2-10(3-6-13)16(18)15-9-12-8-11(17(19)20)4-7-14(12)22-15/h2-9H,1H3,(H,19,20). The average Bonchev–Trinajstić information content (AvgIpc) is 2.97. The number of methoxy groups -OCH3 is 1. The minimum absolute atomic E-state index is 0.150. The number of ketones is 1. The zero-order valence-electron chi connectivity index (χ0n) is 11.7. The molecule has 110 valence electrons. The van der Waals surface area contributed by atoms with Crippen molar-refractivity contribution in [3.63, 3.8) is 0 Å². The van der Waals surface area contributed by atoms with Gasteiger partial charge < -0.3 is 14.3 Å². The third-order valence-corrected chi connectivity index (χ3v) is 3.34. The number of carbonyl (C=O) groups is 2. The molecule has 1 N–H and O–H groups in total. The average molecular weight is 296 g/mol. The van der Waals surface area contributed by atoms with Crippen LogP contribution < -0.4 is 4.74 Å². The number of ether oxygens (including phenoxy) is 1. The van der Waals surface area contributed by atoms with Crippen molar-refractivity contribution in [3.8, 4) is 5.75 Å². The molecule has 3 rings (SSSR count). The van der Waals surface area contributed by atoms with Gasteiger partial charge >= 0.3 is 5.97 Å². The lowest BCUT2D eigenvalue weighted by molar-refractivity contribution is 0.0697. The van der Waals surface area contributed by atoms with Gasteiger partial charge in [0.1, 0.15) is 11.3 Å². The third kappa shape index (κ3) is 2.44. The van der Waals surface area contributed by atoms with Crippen LogP contribution in [0.15, 0.2) is 52.9 Å². The molecule has 0 aliphatic heterocycles. The Labute approximate surface area is 125 Å². The summed E-state index contributed by atoms with van der Waals surface area (Å²) >= 11 is 0. The molecule has 1 heterocycles. The fourth-order valence-corrected chi connectivity index (χ4v) is 2.17. The molecular formula is C17H12O5. The van der Waals surface area contributed by atoms with Gasteiger partial charge in [-0.2, -0.15) is 0 Å². The molecule has 0 saturated heterocycles. The lowest BCUT2D eigenvalue weighted by atomic mass is 10.1. The molecule has 3 aromatic rings. The highest BCUT2D eigenvalue weighted by molar-refractivity contribution is 6.09. The molecular weight excluding hydrogens is 284 g/mol. The molecule has 0 unspecified atom stereocenters. The maximum atomic E-state index is 12.4. The van der Waals surface area contributed by atoms with E-state index in [1.807, 2.05) is 0 Å². The van der Waals surface area contributed by atoms with Gasteiger partial charge in [0.05, 0.1) is 12.7 Å². The molecule has 0 bridgehead atoms. The fraction of sp³-hybridized carbons (Fsp3) is 0.0588. The van der Waals surface area contributed by atoms with Crippen LogP contribution in [0.25, 0.3) is 11.0 Å². The Morgan fingerprint density at radius 1 is 1.00 bits per heavy atom. The van der Waals surface area contributed by atoms with Gasteiger partial charge in [0, 0.05) is 10.9 Å². The first-order valence-electron chi connectivity index (χ1n) is 6.54. The van der Waals surface area contributed by atoms with Crippen molar-refractivity contribution < 1.29 is 23.8 Å². The largest absolute Gasteiger partial charge is 0.497 e. The number of rotatable bonds is 4. The number of carbonyl (C=O) groups excluding carboxylic acids is 1. The molecule has 0 spiro atoms. The Balaban J connectivity index is 1.98. The molecule has 1 aromatic heterocycles. The fourth-order valence-electron chi connectivity index (χ4n) is 2.17. The van der Waals surface area contributed by atoms with Gasteiger partial charge in [-0.15, -0.1) is 0 Å². The van der Waals surface area contributed by atoms with Crippen molar-refractivity contribution in [2.45, 2.75) is 0 Å². The zero-order valence-corrected chi connectivity index (χ0v) is 11.7. The zero-order chi connectivity index (χ0) is 15.7. The van der Waals surface area contributed by atoms with Gasteiger partial charge in [-0.25, -0.2) is 4.79 Å². The monoisotopic (exact) mass is 296 g/mol. The number of fused-ring (bicyclic) bond motifs is 1. The predicted octanol–water partition coefficient (Wildman–Crippen LogP) is 3.37. The first-order valence-corrected chi connectivity index (χ1v) is 6.54. The van der Waals surface area contributed by atoms with Gasteiger partial charge in [-0.3, -0.25) is 4.79 Å². The molecule has 5 nitrogen and oxygen atoms in total. The van der Waals surface area contributed by atoms with Crippen molar-refractivity contribution in [2.75, 3.05) is 7.11 Å². The minimum atomic E-state index is -1.02. The quantitative estimate of drug-likeness (QED) is 0.747. The van der Waals surface area contributed by atoms with Crippen molar-refractivity contribution in [3.05, 3.63) is 65.4 Å². The van der Waals surface area contributed by atoms with Crippen LogP contribution in [-0.4, -0.2) is 24.0 Å². The molecule has 0 aliphatic rings. The molecule has 0 fully saturated rings. The normalized spacial score (nSPS) is 10.6. The minimum Gasteiger partial charge on any atom is -0.497 e. The van der Waals surface area contributed by atoms with E-state index in [1.165, 1.54) is 12.1 Å². The van der Waals surface area contributed by atoms with Gasteiger partial charge in [-0.05, 0) is 48.5 Å². The van der Waals surface area contributed by atoms with Crippen molar-refractivity contribution in [1.82, 2.24) is 0 Å². The van der Waals surface area contributed by atoms with E-state index in [1.54, 1.807) is 43.5 Å². The first-order chi connectivity index (χ1) is 10.6. The van der Waals surface area contributed by atoms with Crippen LogP contribution in [0, 0.1) is 0 Å². The van der Waals surface area contributed by atoms with Crippen LogP contribution >= 0.6 is 0 Å². The summed E-state index contributed by atoms with van der Waals surface area (Å²) in [4.78, 5) is 23.3. The van der Waals surface area contributed by atoms with Gasteiger partial charge in [-0.1, -0.05) is 0 Å². The highest BCUT2D eigenvalue weighted by Gasteiger charge is 2.15. The van der Waals surface area contributed by atoms with E-state index in [-0.39, 0.29) is 17.1 Å². The molecule has 0 radical (unpaired) electrons. The molecule has 0 atom stereocenters. The summed E-state index contributed by atoms with van der Waals surface area (Å²) in [6, 6.07) is 12.7. The number of carboxylic acid groups (broad SMARTS) is 1. The highest BCUT2D eigenvalue weighted by Crippen LogP contribution is 2.23. The lowest BCUT2D eigenvalue weighted by Crippen LogP contribution is -1.99. The van der Waals surface area contributed by atoms with E-state index in [0.717, 1.165) is 0 Å². The summed E-state index contributed by atoms with van der Waals surface area (Å²) in [7, 11) is 1.55. The van der Waals surface area contributed by atoms with Crippen LogP contribution in [0.4, 0.5) is 0 Å². The maximum Gasteiger partial charge on any atom is 0.335 e. The Kier molecular flexibility index (Phi) is 3.39. The molecule has 22 heavy (non-hydrogen) atoms. The topological polar surface area (TPSA) is 76.7 Å². The summed E-state index contributed by atoms with van der Waals surface area (Å²) in [6.45, 7) is 0. The summed E-state index contributed by atoms with van der Waals surface area (Å²) < 4.78 is 10.5. The maximum absolute atomic E-state index is 12.4. The van der Waals surface area contributed by atoms with Crippen LogP contribution in [0.5, 0.6) is 5.75 Å². The van der Waals surface area contributed by atoms with Gasteiger partial charge in [0.2, 0.25) is 5.78 Å². The van der Waals surface area contributed by atoms with Gasteiger partial charge in [0.15, 0.2) is 5.76 Å². The molecule has 2 aromatic carbocycles.